The van der Waals surface area contributed by atoms with Crippen LogP contribution >= 0.6 is 34.4 Å². The lowest BCUT2D eigenvalue weighted by Gasteiger charge is -2.14. The van der Waals surface area contributed by atoms with Gasteiger partial charge in [0.1, 0.15) is 5.76 Å². The molecule has 186 valence electrons. The Morgan fingerprint density at radius 3 is 2.67 bits per heavy atom. The van der Waals surface area contributed by atoms with Gasteiger partial charge in [-0.05, 0) is 89.3 Å². The molecule has 8 nitrogen and oxygen atoms in total. The molecular formula is C26H23IN2O6S. The molecule has 3 aromatic rings. The number of halogens is 1. The highest BCUT2D eigenvalue weighted by atomic mass is 127. The number of hydrogen-bond acceptors (Lipinski definition) is 8. The van der Waals surface area contributed by atoms with Crippen molar-refractivity contribution >= 4 is 63.2 Å². The molecule has 0 spiro atoms. The van der Waals surface area contributed by atoms with E-state index in [1.807, 2.05) is 49.4 Å². The van der Waals surface area contributed by atoms with Gasteiger partial charge in [-0.1, -0.05) is 18.2 Å². The molecule has 10 heteroatoms. The van der Waals surface area contributed by atoms with Gasteiger partial charge in [0.25, 0.3) is 5.91 Å². The van der Waals surface area contributed by atoms with Crippen LogP contribution < -0.4 is 9.47 Å². The van der Waals surface area contributed by atoms with E-state index in [1.54, 1.807) is 29.4 Å². The van der Waals surface area contributed by atoms with E-state index in [0.717, 1.165) is 14.8 Å². The van der Waals surface area contributed by atoms with Gasteiger partial charge < -0.3 is 18.6 Å². The number of carbonyl (C=O) groups is 2. The third-order valence-electron chi connectivity index (χ3n) is 4.95. The first-order valence-electron chi connectivity index (χ1n) is 11.0. The second-order valence-corrected chi connectivity index (χ2v) is 9.61. The zero-order valence-electron chi connectivity index (χ0n) is 19.6. The molecule has 36 heavy (non-hydrogen) atoms. The summed E-state index contributed by atoms with van der Waals surface area (Å²) in [6.45, 7) is 2.30. The summed E-state index contributed by atoms with van der Waals surface area (Å²) in [6.07, 6.45) is 3.37. The van der Waals surface area contributed by atoms with Crippen molar-refractivity contribution in [1.82, 2.24) is 4.90 Å². The molecule has 2 aromatic carbocycles. The lowest BCUT2D eigenvalue weighted by atomic mass is 10.2. The van der Waals surface area contributed by atoms with Crippen LogP contribution in [0.5, 0.6) is 11.5 Å². The molecule has 1 aromatic heterocycles. The average molecular weight is 618 g/mol. The number of furan rings is 1. The fourth-order valence-corrected chi connectivity index (χ4v) is 5.10. The topological polar surface area (TPSA) is 90.6 Å². The Balaban J connectivity index is 1.67. The molecule has 0 radical (unpaired) electrons. The number of amides is 1. The minimum atomic E-state index is -0.491. The molecule has 1 amide bonds. The standard InChI is InChI=1S/C26H23IN2O6S/c1-3-33-21-13-17(12-20(27)24(21)35-16-23(30)32-2)14-22-25(31)29(15-19-10-7-11-34-19)26(36-22)28-18-8-5-4-6-9-18/h4-14H,3,15-16H2,1-2H3. The number of aliphatic imine (C=N–C) groups is 1. The summed E-state index contributed by atoms with van der Waals surface area (Å²) in [5.74, 6) is 0.910. The van der Waals surface area contributed by atoms with E-state index >= 15 is 0 Å². The van der Waals surface area contributed by atoms with E-state index in [-0.39, 0.29) is 19.1 Å². The summed E-state index contributed by atoms with van der Waals surface area (Å²) in [6, 6.07) is 16.7. The molecule has 0 atom stereocenters. The van der Waals surface area contributed by atoms with Crippen molar-refractivity contribution in [3.05, 3.63) is 80.7 Å². The summed E-state index contributed by atoms with van der Waals surface area (Å²) in [4.78, 5) is 31.8. The zero-order chi connectivity index (χ0) is 25.5. The summed E-state index contributed by atoms with van der Waals surface area (Å²) >= 11 is 3.41. The molecular weight excluding hydrogens is 595 g/mol. The van der Waals surface area contributed by atoms with Crippen LogP contribution in [0.1, 0.15) is 18.2 Å². The van der Waals surface area contributed by atoms with Crippen LogP contribution in [0, 0.1) is 3.57 Å². The van der Waals surface area contributed by atoms with Crippen LogP contribution in [0.2, 0.25) is 0 Å². The summed E-state index contributed by atoms with van der Waals surface area (Å²) in [5.41, 5.74) is 1.50. The van der Waals surface area contributed by atoms with Crippen molar-refractivity contribution in [2.75, 3.05) is 20.3 Å². The Morgan fingerprint density at radius 2 is 1.97 bits per heavy atom. The normalized spacial score (nSPS) is 15.5. The van der Waals surface area contributed by atoms with Crippen LogP contribution in [-0.2, 0) is 20.9 Å². The predicted molar refractivity (Wildman–Crippen MR) is 146 cm³/mol. The summed E-state index contributed by atoms with van der Waals surface area (Å²) in [5, 5.41) is 0.562. The van der Waals surface area contributed by atoms with Crippen LogP contribution in [0.25, 0.3) is 6.08 Å². The highest BCUT2D eigenvalue weighted by Gasteiger charge is 2.34. The van der Waals surface area contributed by atoms with Crippen molar-refractivity contribution in [1.29, 1.82) is 0 Å². The number of rotatable bonds is 9. The van der Waals surface area contributed by atoms with Gasteiger partial charge in [-0.2, -0.15) is 0 Å². The van der Waals surface area contributed by atoms with Crippen molar-refractivity contribution in [3.63, 3.8) is 0 Å². The molecule has 0 unspecified atom stereocenters. The van der Waals surface area contributed by atoms with E-state index in [9.17, 15) is 9.59 Å². The first-order valence-corrected chi connectivity index (χ1v) is 12.9. The van der Waals surface area contributed by atoms with E-state index < -0.39 is 5.97 Å². The number of benzene rings is 2. The zero-order valence-corrected chi connectivity index (χ0v) is 22.6. The van der Waals surface area contributed by atoms with Crippen molar-refractivity contribution < 1.29 is 28.2 Å². The number of ether oxygens (including phenoxy) is 3. The highest BCUT2D eigenvalue weighted by molar-refractivity contribution is 14.1. The van der Waals surface area contributed by atoms with Gasteiger partial charge in [-0.25, -0.2) is 9.79 Å². The van der Waals surface area contributed by atoms with Gasteiger partial charge in [0.15, 0.2) is 23.3 Å². The number of nitrogens with zero attached hydrogens (tertiary/aromatic N) is 2. The van der Waals surface area contributed by atoms with Crippen molar-refractivity contribution in [3.8, 4) is 11.5 Å². The summed E-state index contributed by atoms with van der Waals surface area (Å²) < 4.78 is 22.3. The number of methoxy groups -OCH3 is 1. The van der Waals surface area contributed by atoms with Crippen LogP contribution in [0.4, 0.5) is 5.69 Å². The Hall–Kier alpha value is -3.25. The largest absolute Gasteiger partial charge is 0.490 e. The smallest absolute Gasteiger partial charge is 0.343 e. The SMILES string of the molecule is CCOc1cc(C=C2SC(=Nc3ccccc3)N(Cc3ccco3)C2=O)cc(I)c1OCC(=O)OC. The van der Waals surface area contributed by atoms with E-state index in [2.05, 4.69) is 27.3 Å². The second kappa shape index (κ2) is 12.1. The van der Waals surface area contributed by atoms with Crippen LogP contribution in [-0.4, -0.2) is 42.3 Å². The molecule has 0 N–H and O–H groups in total. The van der Waals surface area contributed by atoms with E-state index in [4.69, 9.17) is 18.9 Å². The van der Waals surface area contributed by atoms with E-state index in [1.165, 1.54) is 18.9 Å². The fraction of sp³-hybridized carbons (Fsp3) is 0.192. The average Bonchev–Trinajstić information content (AvgIpc) is 3.48. The monoisotopic (exact) mass is 618 g/mol. The van der Waals surface area contributed by atoms with Crippen molar-refractivity contribution in [2.24, 2.45) is 4.99 Å². The molecule has 1 aliphatic rings. The molecule has 4 rings (SSSR count). The molecule has 0 saturated carbocycles. The predicted octanol–water partition coefficient (Wildman–Crippen LogP) is 5.64. The van der Waals surface area contributed by atoms with Gasteiger partial charge in [-0.15, -0.1) is 0 Å². The highest BCUT2D eigenvalue weighted by Crippen LogP contribution is 2.38. The third-order valence-corrected chi connectivity index (χ3v) is 6.76. The molecule has 0 aliphatic carbocycles. The third kappa shape index (κ3) is 6.30. The molecule has 1 saturated heterocycles. The number of thioether (sulfide) groups is 1. The maximum Gasteiger partial charge on any atom is 0.343 e. The van der Waals surface area contributed by atoms with Gasteiger partial charge in [-0.3, -0.25) is 9.69 Å². The number of para-hydroxylation sites is 1. The second-order valence-electron chi connectivity index (χ2n) is 7.44. The number of hydrogen-bond donors (Lipinski definition) is 0. The van der Waals surface area contributed by atoms with Gasteiger partial charge in [0.05, 0.1) is 40.7 Å². The maximum absolute atomic E-state index is 13.4. The van der Waals surface area contributed by atoms with Gasteiger partial charge in [0, 0.05) is 0 Å². The molecule has 1 fully saturated rings. The molecule has 0 bridgehead atoms. The Morgan fingerprint density at radius 1 is 1.17 bits per heavy atom. The van der Waals surface area contributed by atoms with Gasteiger partial charge in [0.2, 0.25) is 0 Å². The first kappa shape index (κ1) is 25.8. The minimum absolute atomic E-state index is 0.176. The lowest BCUT2D eigenvalue weighted by molar-refractivity contribution is -0.143. The minimum Gasteiger partial charge on any atom is -0.490 e. The maximum atomic E-state index is 13.4. The van der Waals surface area contributed by atoms with Gasteiger partial charge >= 0.3 is 5.97 Å². The number of amidine groups is 1. The Labute approximate surface area is 226 Å². The Bertz CT molecular complexity index is 1290. The van der Waals surface area contributed by atoms with Crippen molar-refractivity contribution in [2.45, 2.75) is 13.5 Å². The van der Waals surface area contributed by atoms with Crippen LogP contribution in [0.15, 0.2) is 75.2 Å². The Kier molecular flexibility index (Phi) is 8.70. The molecule has 1 aliphatic heterocycles. The fourth-order valence-electron chi connectivity index (χ4n) is 3.32. The lowest BCUT2D eigenvalue weighted by Crippen LogP contribution is -2.28. The molecule has 2 heterocycles. The van der Waals surface area contributed by atoms with Crippen LogP contribution in [0.3, 0.4) is 0 Å². The number of carbonyl (C=O) groups excluding carboxylic acids is 2. The summed E-state index contributed by atoms with van der Waals surface area (Å²) in [7, 11) is 1.30. The van der Waals surface area contributed by atoms with E-state index in [0.29, 0.717) is 33.9 Å². The number of esters is 1. The quantitative estimate of drug-likeness (QED) is 0.174. The first-order chi connectivity index (χ1) is 17.5.